The normalized spacial score (nSPS) is 19.2. The van der Waals surface area contributed by atoms with E-state index in [0.717, 1.165) is 30.5 Å². The highest BCUT2D eigenvalue weighted by molar-refractivity contribution is 6.30. The molecule has 1 aliphatic rings. The molecule has 2 unspecified atom stereocenters. The Morgan fingerprint density at radius 3 is 2.57 bits per heavy atom. The number of ether oxygens (including phenoxy) is 1. The number of unbranched alkanes of at least 4 members (excludes halogenated alkanes) is 2. The minimum atomic E-state index is -1.67. The molecule has 3 rings (SSSR count). The second-order valence-corrected chi connectivity index (χ2v) is 7.88. The molecule has 0 aliphatic carbocycles. The van der Waals surface area contributed by atoms with Crippen molar-refractivity contribution >= 4 is 23.3 Å². The fraction of sp³-hybridized carbons (Fsp3) is 0.391. The number of halogens is 2. The minimum Gasteiger partial charge on any atom is -0.478 e. The van der Waals surface area contributed by atoms with E-state index >= 15 is 0 Å². The van der Waals surface area contributed by atoms with Crippen molar-refractivity contribution in [1.29, 1.82) is 0 Å². The molecular formula is C23H25ClFNO4. The Hall–Kier alpha value is -2.44. The lowest BCUT2D eigenvalue weighted by molar-refractivity contribution is -0.187. The third-order valence-corrected chi connectivity index (χ3v) is 5.41. The fourth-order valence-electron chi connectivity index (χ4n) is 3.49. The van der Waals surface area contributed by atoms with Crippen molar-refractivity contribution in [2.75, 3.05) is 0 Å². The second-order valence-electron chi connectivity index (χ2n) is 7.45. The van der Waals surface area contributed by atoms with Crippen molar-refractivity contribution in [3.05, 3.63) is 70.5 Å². The summed E-state index contributed by atoms with van der Waals surface area (Å²) in [4.78, 5) is 18.0. The van der Waals surface area contributed by atoms with E-state index in [9.17, 15) is 14.3 Å². The van der Waals surface area contributed by atoms with Crippen LogP contribution in [0.3, 0.4) is 0 Å². The number of nitrogens with zero attached hydrogens (tertiary/aromatic N) is 1. The number of carbonyl (C=O) groups is 1. The van der Waals surface area contributed by atoms with E-state index in [1.54, 1.807) is 36.4 Å². The zero-order valence-corrected chi connectivity index (χ0v) is 17.6. The highest BCUT2D eigenvalue weighted by Gasteiger charge is 2.54. The molecule has 0 bridgehead atoms. The maximum Gasteiger partial charge on any atom is 0.354 e. The van der Waals surface area contributed by atoms with Crippen LogP contribution >= 0.6 is 11.6 Å². The monoisotopic (exact) mass is 433 g/mol. The Bertz CT molecular complexity index is 885. The Labute approximate surface area is 180 Å². The summed E-state index contributed by atoms with van der Waals surface area (Å²) in [6.07, 6.45) is 2.94. The summed E-state index contributed by atoms with van der Waals surface area (Å²) in [5.41, 5.74) is 0.386. The van der Waals surface area contributed by atoms with Gasteiger partial charge in [0.25, 0.3) is 5.60 Å². The summed E-state index contributed by atoms with van der Waals surface area (Å²) in [6, 6.07) is 12.7. The van der Waals surface area contributed by atoms with Crippen molar-refractivity contribution in [1.82, 2.24) is 0 Å². The lowest BCUT2D eigenvalue weighted by Crippen LogP contribution is -2.46. The molecule has 2 aromatic carbocycles. The first-order valence-electron chi connectivity index (χ1n) is 10.0. The molecule has 0 amide bonds. The van der Waals surface area contributed by atoms with Gasteiger partial charge in [0.05, 0.1) is 12.3 Å². The number of hydrogen-bond acceptors (Lipinski definition) is 4. The van der Waals surface area contributed by atoms with Gasteiger partial charge < -0.3 is 14.7 Å². The average molecular weight is 434 g/mol. The lowest BCUT2D eigenvalue weighted by atomic mass is 9.85. The molecule has 7 heteroatoms. The fourth-order valence-corrected chi connectivity index (χ4v) is 3.62. The minimum absolute atomic E-state index is 0.0944. The number of oxime groups is 1. The summed E-state index contributed by atoms with van der Waals surface area (Å²) >= 11 is 6.01. The molecule has 160 valence electrons. The Morgan fingerprint density at radius 2 is 1.93 bits per heavy atom. The molecule has 2 aromatic rings. The van der Waals surface area contributed by atoms with Gasteiger partial charge in [-0.05, 0) is 48.2 Å². The predicted octanol–water partition coefficient (Wildman–Crippen LogP) is 5.92. The van der Waals surface area contributed by atoms with Crippen LogP contribution in [0.2, 0.25) is 5.02 Å². The topological polar surface area (TPSA) is 68.1 Å². The van der Waals surface area contributed by atoms with Crippen LogP contribution in [-0.2, 0) is 21.0 Å². The third-order valence-electron chi connectivity index (χ3n) is 5.16. The van der Waals surface area contributed by atoms with E-state index in [2.05, 4.69) is 12.1 Å². The number of carboxylic acids is 1. The Kier molecular flexibility index (Phi) is 7.45. The molecule has 1 heterocycles. The standard InChI is InChI=1S/C23H25ClFNO4/c1-2-3-4-5-20-14-23(22(27)28,30-26-20)21(17-8-10-18(24)11-9-17)29-15-16-6-12-19(25)13-7-16/h6-13,21H,2-5,14-15H2,1H3,(H,27,28). The van der Waals surface area contributed by atoms with Crippen molar-refractivity contribution in [3.63, 3.8) is 0 Å². The van der Waals surface area contributed by atoms with Crippen molar-refractivity contribution in [2.24, 2.45) is 5.16 Å². The second kappa shape index (κ2) is 10.0. The zero-order valence-electron chi connectivity index (χ0n) is 16.8. The van der Waals surface area contributed by atoms with E-state index in [1.165, 1.54) is 12.1 Å². The number of carboxylic acid groups (broad SMARTS) is 1. The predicted molar refractivity (Wildman–Crippen MR) is 113 cm³/mol. The largest absolute Gasteiger partial charge is 0.478 e. The molecule has 5 nitrogen and oxygen atoms in total. The van der Waals surface area contributed by atoms with Gasteiger partial charge in [-0.15, -0.1) is 0 Å². The summed E-state index contributed by atoms with van der Waals surface area (Å²) in [5.74, 6) is -1.49. The van der Waals surface area contributed by atoms with Crippen LogP contribution < -0.4 is 0 Å². The maximum atomic E-state index is 13.2. The molecule has 0 saturated carbocycles. The Morgan fingerprint density at radius 1 is 1.23 bits per heavy atom. The van der Waals surface area contributed by atoms with Crippen molar-refractivity contribution < 1.29 is 23.9 Å². The quantitative estimate of drug-likeness (QED) is 0.472. The van der Waals surface area contributed by atoms with Crippen molar-refractivity contribution in [2.45, 2.75) is 57.3 Å². The van der Waals surface area contributed by atoms with Gasteiger partial charge in [0.15, 0.2) is 0 Å². The van der Waals surface area contributed by atoms with Crippen LogP contribution in [-0.4, -0.2) is 22.4 Å². The molecule has 0 saturated heterocycles. The van der Waals surface area contributed by atoms with E-state index in [-0.39, 0.29) is 18.8 Å². The van der Waals surface area contributed by atoms with Crippen LogP contribution in [0, 0.1) is 5.82 Å². The summed E-state index contributed by atoms with van der Waals surface area (Å²) < 4.78 is 19.3. The highest BCUT2D eigenvalue weighted by Crippen LogP contribution is 2.41. The molecular weight excluding hydrogens is 409 g/mol. The smallest absolute Gasteiger partial charge is 0.354 e. The van der Waals surface area contributed by atoms with E-state index in [1.807, 2.05) is 0 Å². The van der Waals surface area contributed by atoms with Crippen molar-refractivity contribution in [3.8, 4) is 0 Å². The summed E-state index contributed by atoms with van der Waals surface area (Å²) in [7, 11) is 0. The number of aliphatic carboxylic acids is 1. The zero-order chi connectivity index (χ0) is 21.6. The first-order chi connectivity index (χ1) is 14.4. The lowest BCUT2D eigenvalue weighted by Gasteiger charge is -2.31. The maximum absolute atomic E-state index is 13.2. The Balaban J connectivity index is 1.86. The van der Waals surface area contributed by atoms with Gasteiger partial charge in [-0.1, -0.05) is 60.8 Å². The van der Waals surface area contributed by atoms with Gasteiger partial charge >= 0.3 is 5.97 Å². The van der Waals surface area contributed by atoms with Crippen LogP contribution in [0.15, 0.2) is 53.7 Å². The number of benzene rings is 2. The number of rotatable bonds is 10. The van der Waals surface area contributed by atoms with Crippen LogP contribution in [0.1, 0.15) is 56.3 Å². The molecule has 2 atom stereocenters. The van der Waals surface area contributed by atoms with E-state index < -0.39 is 17.7 Å². The van der Waals surface area contributed by atoms with Crippen LogP contribution in [0.25, 0.3) is 0 Å². The van der Waals surface area contributed by atoms with Gasteiger partial charge in [0.1, 0.15) is 11.9 Å². The SMILES string of the molecule is CCCCCC1=NOC(C(=O)O)(C(OCc2ccc(F)cc2)c2ccc(Cl)cc2)C1. The molecule has 1 N–H and O–H groups in total. The first kappa shape index (κ1) is 22.2. The highest BCUT2D eigenvalue weighted by atomic mass is 35.5. The summed E-state index contributed by atoms with van der Waals surface area (Å²) in [5, 5.41) is 14.7. The van der Waals surface area contributed by atoms with Gasteiger partial charge in [-0.25, -0.2) is 9.18 Å². The molecule has 0 aromatic heterocycles. The average Bonchev–Trinajstić information content (AvgIpc) is 3.16. The molecule has 30 heavy (non-hydrogen) atoms. The van der Waals surface area contributed by atoms with E-state index in [4.69, 9.17) is 21.2 Å². The summed E-state index contributed by atoms with van der Waals surface area (Å²) in [6.45, 7) is 2.20. The van der Waals surface area contributed by atoms with E-state index in [0.29, 0.717) is 17.0 Å². The molecule has 0 spiro atoms. The molecule has 1 aliphatic heterocycles. The number of hydrogen-bond donors (Lipinski definition) is 1. The van der Waals surface area contributed by atoms with Gasteiger partial charge in [-0.3, -0.25) is 0 Å². The molecule has 0 fully saturated rings. The third kappa shape index (κ3) is 5.18. The van der Waals surface area contributed by atoms with Gasteiger partial charge in [0.2, 0.25) is 0 Å². The molecule has 0 radical (unpaired) electrons. The van der Waals surface area contributed by atoms with Crippen LogP contribution in [0.4, 0.5) is 4.39 Å². The van der Waals surface area contributed by atoms with Crippen LogP contribution in [0.5, 0.6) is 0 Å². The first-order valence-corrected chi connectivity index (χ1v) is 10.4. The van der Waals surface area contributed by atoms with Gasteiger partial charge in [0, 0.05) is 11.4 Å². The van der Waals surface area contributed by atoms with Gasteiger partial charge in [-0.2, -0.15) is 0 Å².